The highest BCUT2D eigenvalue weighted by atomic mass is 35.5. The second-order valence-electron chi connectivity index (χ2n) is 7.24. The maximum Gasteiger partial charge on any atom is 0.285 e. The number of amidine groups is 1. The van der Waals surface area contributed by atoms with Gasteiger partial charge in [0.2, 0.25) is 0 Å². The third-order valence-corrected chi connectivity index (χ3v) is 6.52. The van der Waals surface area contributed by atoms with E-state index in [0.717, 1.165) is 22.9 Å². The molecule has 6 heteroatoms. The largest absolute Gasteiger partial charge is 0.361 e. The number of aromatic nitrogens is 1. The summed E-state index contributed by atoms with van der Waals surface area (Å²) in [5.74, 6) is 0.327. The van der Waals surface area contributed by atoms with Crippen LogP contribution in [0.3, 0.4) is 0 Å². The fourth-order valence-electron chi connectivity index (χ4n) is 3.59. The van der Waals surface area contributed by atoms with E-state index in [-0.39, 0.29) is 5.91 Å². The van der Waals surface area contributed by atoms with Gasteiger partial charge in [-0.25, -0.2) is 0 Å². The minimum absolute atomic E-state index is 0.171. The van der Waals surface area contributed by atoms with Crippen molar-refractivity contribution in [2.75, 3.05) is 0 Å². The van der Waals surface area contributed by atoms with E-state index < -0.39 is 0 Å². The van der Waals surface area contributed by atoms with Crippen molar-refractivity contribution in [2.24, 2.45) is 4.99 Å². The number of amides is 1. The Bertz CT molecular complexity index is 1160. The molecular formula is C23H18ClN3OS. The Morgan fingerprint density at radius 3 is 2.90 bits per heavy atom. The molecule has 1 aliphatic carbocycles. The van der Waals surface area contributed by atoms with Crippen LogP contribution in [0.5, 0.6) is 0 Å². The number of benzene rings is 2. The third kappa shape index (κ3) is 3.93. The fraction of sp³-hybridized carbons (Fsp3) is 0.174. The molecule has 1 amide bonds. The number of halogens is 1. The van der Waals surface area contributed by atoms with Gasteiger partial charge in [0, 0.05) is 23.5 Å². The summed E-state index contributed by atoms with van der Waals surface area (Å²) in [5, 5.41) is 5.73. The number of nitrogens with zero attached hydrogens (tertiary/aromatic N) is 2. The Labute approximate surface area is 178 Å². The van der Waals surface area contributed by atoms with Crippen LogP contribution in [0.2, 0.25) is 5.02 Å². The molecular weight excluding hydrogens is 402 g/mol. The van der Waals surface area contributed by atoms with E-state index in [9.17, 15) is 4.79 Å². The number of pyridine rings is 1. The van der Waals surface area contributed by atoms with Crippen molar-refractivity contribution in [3.63, 3.8) is 0 Å². The molecule has 144 valence electrons. The van der Waals surface area contributed by atoms with Crippen molar-refractivity contribution in [2.45, 2.75) is 24.8 Å². The van der Waals surface area contributed by atoms with Gasteiger partial charge in [-0.1, -0.05) is 54.1 Å². The van der Waals surface area contributed by atoms with Crippen LogP contribution in [-0.4, -0.2) is 22.1 Å². The quantitative estimate of drug-likeness (QED) is 0.598. The number of nitrogens with one attached hydrogen (secondary N) is 1. The van der Waals surface area contributed by atoms with Crippen molar-refractivity contribution in [1.29, 1.82) is 0 Å². The molecule has 1 saturated carbocycles. The predicted octanol–water partition coefficient (Wildman–Crippen LogP) is 5.09. The van der Waals surface area contributed by atoms with Crippen molar-refractivity contribution in [3.8, 4) is 0 Å². The molecule has 2 aliphatic rings. The van der Waals surface area contributed by atoms with Gasteiger partial charge >= 0.3 is 0 Å². The molecule has 0 spiro atoms. The summed E-state index contributed by atoms with van der Waals surface area (Å²) in [6, 6.07) is 18.6. The number of fused-ring (bicyclic) bond motifs is 1. The fourth-order valence-corrected chi connectivity index (χ4v) is 4.64. The van der Waals surface area contributed by atoms with Gasteiger partial charge in [-0.2, -0.15) is 4.99 Å². The summed E-state index contributed by atoms with van der Waals surface area (Å²) < 4.78 is 0. The zero-order chi connectivity index (χ0) is 19.8. The highest BCUT2D eigenvalue weighted by Gasteiger charge is 2.40. The number of hydrogen-bond donors (Lipinski definition) is 1. The van der Waals surface area contributed by atoms with Crippen molar-refractivity contribution in [1.82, 2.24) is 10.3 Å². The summed E-state index contributed by atoms with van der Waals surface area (Å²) in [4.78, 5) is 21.5. The number of aliphatic imine (C=N–C) groups is 1. The number of thioether (sulfide) groups is 1. The van der Waals surface area contributed by atoms with Crippen LogP contribution in [0.15, 0.2) is 76.8 Å². The molecule has 2 aromatic carbocycles. The van der Waals surface area contributed by atoms with E-state index >= 15 is 0 Å². The summed E-state index contributed by atoms with van der Waals surface area (Å²) >= 11 is 7.69. The second-order valence-corrected chi connectivity index (χ2v) is 8.68. The van der Waals surface area contributed by atoms with Gasteiger partial charge in [-0.15, -0.1) is 0 Å². The molecule has 1 N–H and O–H groups in total. The molecule has 3 aromatic rings. The van der Waals surface area contributed by atoms with Crippen molar-refractivity contribution in [3.05, 3.63) is 87.9 Å². The zero-order valence-electron chi connectivity index (χ0n) is 15.5. The summed E-state index contributed by atoms with van der Waals surface area (Å²) in [7, 11) is 0. The Hall–Kier alpha value is -2.63. The molecule has 1 fully saturated rings. The Balaban J connectivity index is 1.23. The molecule has 4 nitrogen and oxygen atoms in total. The first-order valence-electron chi connectivity index (χ1n) is 9.53. The van der Waals surface area contributed by atoms with Crippen LogP contribution in [-0.2, 0) is 11.2 Å². The molecule has 1 aliphatic heterocycles. The first kappa shape index (κ1) is 18.4. The summed E-state index contributed by atoms with van der Waals surface area (Å²) in [6.45, 7) is 0. The number of rotatable bonds is 4. The highest BCUT2D eigenvalue weighted by Crippen LogP contribution is 2.41. The molecule has 2 heterocycles. The SMILES string of the molecule is O=C1N=C(N[C@@H]2C[C@H]2c2ccccc2)S/C1=C\Cc1ccc2nccc(Cl)c2c1. The van der Waals surface area contributed by atoms with Crippen LogP contribution in [0.4, 0.5) is 0 Å². The van der Waals surface area contributed by atoms with Gasteiger partial charge < -0.3 is 5.32 Å². The Kier molecular flexibility index (Phi) is 4.86. The predicted molar refractivity (Wildman–Crippen MR) is 119 cm³/mol. The van der Waals surface area contributed by atoms with Gasteiger partial charge in [-0.3, -0.25) is 9.78 Å². The molecule has 0 saturated heterocycles. The lowest BCUT2D eigenvalue weighted by atomic mass is 10.1. The molecule has 1 aromatic heterocycles. The smallest absolute Gasteiger partial charge is 0.285 e. The van der Waals surface area contributed by atoms with Crippen LogP contribution >= 0.6 is 23.4 Å². The van der Waals surface area contributed by atoms with E-state index in [2.05, 4.69) is 39.6 Å². The average Bonchev–Trinajstić information content (AvgIpc) is 3.42. The Morgan fingerprint density at radius 2 is 2.03 bits per heavy atom. The van der Waals surface area contributed by atoms with Crippen molar-refractivity contribution >= 4 is 45.3 Å². The number of hydrogen-bond acceptors (Lipinski definition) is 4. The van der Waals surface area contributed by atoms with E-state index in [1.165, 1.54) is 17.3 Å². The molecule has 2 atom stereocenters. The van der Waals surface area contributed by atoms with E-state index in [1.807, 2.05) is 30.3 Å². The van der Waals surface area contributed by atoms with Crippen molar-refractivity contribution < 1.29 is 4.79 Å². The monoisotopic (exact) mass is 419 g/mol. The molecule has 29 heavy (non-hydrogen) atoms. The van der Waals surface area contributed by atoms with Crippen LogP contribution in [0.25, 0.3) is 10.9 Å². The normalized spacial score (nSPS) is 22.2. The van der Waals surface area contributed by atoms with E-state index in [4.69, 9.17) is 11.6 Å². The van der Waals surface area contributed by atoms with Gasteiger partial charge in [0.05, 0.1) is 15.4 Å². The van der Waals surface area contributed by atoms with Gasteiger partial charge in [-0.05, 0) is 53.9 Å². The van der Waals surface area contributed by atoms with Gasteiger partial charge in [0.1, 0.15) is 0 Å². The minimum atomic E-state index is -0.171. The molecule has 5 rings (SSSR count). The zero-order valence-corrected chi connectivity index (χ0v) is 17.1. The number of carbonyl (C=O) groups excluding carboxylic acids is 1. The lowest BCUT2D eigenvalue weighted by molar-refractivity contribution is -0.113. The van der Waals surface area contributed by atoms with Gasteiger partial charge in [0.25, 0.3) is 5.91 Å². The minimum Gasteiger partial charge on any atom is -0.361 e. The molecule has 0 bridgehead atoms. The van der Waals surface area contributed by atoms with Crippen LogP contribution in [0.1, 0.15) is 23.5 Å². The lowest BCUT2D eigenvalue weighted by Gasteiger charge is -2.04. The highest BCUT2D eigenvalue weighted by molar-refractivity contribution is 8.18. The maximum absolute atomic E-state index is 12.3. The van der Waals surface area contributed by atoms with Gasteiger partial charge in [0.15, 0.2) is 5.17 Å². The molecule has 0 unspecified atom stereocenters. The maximum atomic E-state index is 12.3. The molecule has 0 radical (unpaired) electrons. The average molecular weight is 420 g/mol. The number of allylic oxidation sites excluding steroid dienone is 1. The van der Waals surface area contributed by atoms with Crippen LogP contribution in [0, 0.1) is 0 Å². The topological polar surface area (TPSA) is 54.4 Å². The number of carbonyl (C=O) groups is 1. The van der Waals surface area contributed by atoms with E-state index in [0.29, 0.717) is 33.5 Å². The Morgan fingerprint density at radius 1 is 1.17 bits per heavy atom. The lowest BCUT2D eigenvalue weighted by Crippen LogP contribution is -2.22. The first-order valence-corrected chi connectivity index (χ1v) is 10.7. The second kappa shape index (κ2) is 7.65. The standard InChI is InChI=1S/C23H18ClN3OS/c24-18-10-11-25-19-8-6-14(12-17(18)19)7-9-21-22(28)27-23(29-21)26-20-13-16(20)15-4-2-1-3-5-15/h1-6,8-12,16,20H,7,13H2,(H,26,27,28)/b21-9-/t16-,20+/m0/s1. The van der Waals surface area contributed by atoms with E-state index in [1.54, 1.807) is 12.3 Å². The third-order valence-electron chi connectivity index (χ3n) is 5.22. The summed E-state index contributed by atoms with van der Waals surface area (Å²) in [6.07, 6.45) is 5.36. The van der Waals surface area contributed by atoms with Crippen LogP contribution < -0.4 is 5.32 Å². The summed E-state index contributed by atoms with van der Waals surface area (Å²) in [5.41, 5.74) is 3.29. The first-order chi connectivity index (χ1) is 14.2.